The van der Waals surface area contributed by atoms with Crippen molar-refractivity contribution in [2.45, 2.75) is 6.92 Å². The van der Waals surface area contributed by atoms with Crippen molar-refractivity contribution in [2.24, 2.45) is 0 Å². The monoisotopic (exact) mass is 252 g/mol. The van der Waals surface area contributed by atoms with Crippen molar-refractivity contribution < 1.29 is 24.2 Å². The van der Waals surface area contributed by atoms with Crippen molar-refractivity contribution in [2.75, 3.05) is 6.61 Å². The molecule has 0 aromatic heterocycles. The zero-order chi connectivity index (χ0) is 13.5. The number of benzene rings is 1. The summed E-state index contributed by atoms with van der Waals surface area (Å²) < 4.78 is 5.08. The Balaban J connectivity index is 2.41. The van der Waals surface area contributed by atoms with E-state index in [9.17, 15) is 14.4 Å². The molecule has 1 aromatic carbocycles. The van der Waals surface area contributed by atoms with Crippen molar-refractivity contribution in [3.63, 3.8) is 0 Å². The average Bonchev–Trinajstić information content (AvgIpc) is 2.34. The summed E-state index contributed by atoms with van der Waals surface area (Å²) in [6, 6.07) is 5.61. The highest BCUT2D eigenvalue weighted by atomic mass is 16.5. The Hall–Kier alpha value is -2.57. The molecular weight excluding hydrogens is 240 g/mol. The molecule has 0 radical (unpaired) electrons. The van der Waals surface area contributed by atoms with Crippen LogP contribution in [-0.4, -0.2) is 29.5 Å². The minimum absolute atomic E-state index is 0.130. The van der Waals surface area contributed by atoms with Crippen LogP contribution in [-0.2, 0) is 9.59 Å². The van der Waals surface area contributed by atoms with Gasteiger partial charge in [0, 0.05) is 6.92 Å². The molecule has 0 bridgehead atoms. The van der Waals surface area contributed by atoms with Crippen molar-refractivity contribution in [1.29, 1.82) is 0 Å². The Morgan fingerprint density at radius 1 is 1.17 bits per heavy atom. The Kier molecular flexibility index (Phi) is 4.67. The summed E-state index contributed by atoms with van der Waals surface area (Å²) in [5.41, 5.74) is 4.36. The molecule has 0 heterocycles. The van der Waals surface area contributed by atoms with Crippen LogP contribution in [0.25, 0.3) is 0 Å². The van der Waals surface area contributed by atoms with Crippen LogP contribution in [0.1, 0.15) is 17.3 Å². The molecule has 0 aliphatic rings. The van der Waals surface area contributed by atoms with Crippen LogP contribution in [0.3, 0.4) is 0 Å². The number of carboxylic acids is 1. The van der Waals surface area contributed by atoms with Crippen LogP contribution in [0.5, 0.6) is 5.75 Å². The van der Waals surface area contributed by atoms with Crippen LogP contribution >= 0.6 is 0 Å². The number of amides is 2. The van der Waals surface area contributed by atoms with Crippen molar-refractivity contribution in [3.05, 3.63) is 29.8 Å². The number of carbonyl (C=O) groups excluding carboxylic acids is 2. The Bertz CT molecular complexity index is 455. The second-order valence-electron chi connectivity index (χ2n) is 3.35. The van der Waals surface area contributed by atoms with Crippen LogP contribution in [0, 0.1) is 0 Å². The molecule has 0 atom stereocenters. The molecule has 0 aliphatic heterocycles. The normalized spacial score (nSPS) is 9.39. The van der Waals surface area contributed by atoms with Gasteiger partial charge in [-0.05, 0) is 24.3 Å². The summed E-state index contributed by atoms with van der Waals surface area (Å²) in [4.78, 5) is 32.2. The van der Waals surface area contributed by atoms with Gasteiger partial charge >= 0.3 is 5.97 Å². The van der Waals surface area contributed by atoms with E-state index >= 15 is 0 Å². The van der Waals surface area contributed by atoms with Gasteiger partial charge in [-0.3, -0.25) is 20.4 Å². The van der Waals surface area contributed by atoms with Gasteiger partial charge < -0.3 is 9.84 Å². The average molecular weight is 252 g/mol. The second-order valence-corrected chi connectivity index (χ2v) is 3.35. The lowest BCUT2D eigenvalue weighted by molar-refractivity contribution is -0.129. The largest absolute Gasteiger partial charge is 0.484 e. The maximum Gasteiger partial charge on any atom is 0.335 e. The van der Waals surface area contributed by atoms with Gasteiger partial charge in [-0.15, -0.1) is 0 Å². The lowest BCUT2D eigenvalue weighted by atomic mass is 10.2. The fraction of sp³-hybridized carbons (Fsp3) is 0.182. The Morgan fingerprint density at radius 3 is 2.28 bits per heavy atom. The Morgan fingerprint density at radius 2 is 1.78 bits per heavy atom. The highest BCUT2D eigenvalue weighted by Gasteiger charge is 2.05. The zero-order valence-electron chi connectivity index (χ0n) is 9.60. The van der Waals surface area contributed by atoms with E-state index in [0.29, 0.717) is 5.75 Å². The number of hydrogen-bond donors (Lipinski definition) is 3. The Labute approximate surface area is 103 Å². The zero-order valence-corrected chi connectivity index (χ0v) is 9.60. The molecule has 0 saturated heterocycles. The third kappa shape index (κ3) is 4.52. The molecule has 7 heteroatoms. The fourth-order valence-corrected chi connectivity index (χ4v) is 1.04. The molecule has 0 saturated carbocycles. The number of carbonyl (C=O) groups is 3. The molecule has 1 rings (SSSR count). The smallest absolute Gasteiger partial charge is 0.335 e. The molecule has 0 fully saturated rings. The van der Waals surface area contributed by atoms with Gasteiger partial charge in [0.25, 0.3) is 5.91 Å². The lowest BCUT2D eigenvalue weighted by Gasteiger charge is -2.07. The first kappa shape index (κ1) is 13.5. The highest BCUT2D eigenvalue weighted by molar-refractivity contribution is 5.87. The van der Waals surface area contributed by atoms with Crippen molar-refractivity contribution in [3.8, 4) is 5.75 Å². The fourth-order valence-electron chi connectivity index (χ4n) is 1.04. The first-order chi connectivity index (χ1) is 8.49. The summed E-state index contributed by atoms with van der Waals surface area (Å²) in [5.74, 6) is -1.59. The predicted molar refractivity (Wildman–Crippen MR) is 60.9 cm³/mol. The predicted octanol–water partition coefficient (Wildman–Crippen LogP) is -0.0691. The second kappa shape index (κ2) is 6.24. The van der Waals surface area contributed by atoms with Crippen molar-refractivity contribution in [1.82, 2.24) is 10.9 Å². The quantitative estimate of drug-likeness (QED) is 0.651. The van der Waals surface area contributed by atoms with Gasteiger partial charge in [-0.25, -0.2) is 4.79 Å². The van der Waals surface area contributed by atoms with E-state index in [-0.39, 0.29) is 12.2 Å². The van der Waals surface area contributed by atoms with Gasteiger partial charge in [0.05, 0.1) is 5.56 Å². The van der Waals surface area contributed by atoms with Gasteiger partial charge in [-0.1, -0.05) is 0 Å². The number of hydrazine groups is 1. The third-order valence-electron chi connectivity index (χ3n) is 1.85. The first-order valence-corrected chi connectivity index (χ1v) is 5.00. The van der Waals surface area contributed by atoms with E-state index in [1.54, 1.807) is 0 Å². The molecule has 7 nitrogen and oxygen atoms in total. The highest BCUT2D eigenvalue weighted by Crippen LogP contribution is 2.11. The molecule has 1 aromatic rings. The van der Waals surface area contributed by atoms with Gasteiger partial charge in [0.1, 0.15) is 5.75 Å². The SMILES string of the molecule is CC(=O)NNC(=O)COc1ccc(C(=O)O)cc1. The molecule has 18 heavy (non-hydrogen) atoms. The maximum atomic E-state index is 11.2. The van der Waals surface area contributed by atoms with E-state index in [1.165, 1.54) is 31.2 Å². The molecule has 3 N–H and O–H groups in total. The number of hydrogen-bond acceptors (Lipinski definition) is 4. The van der Waals surface area contributed by atoms with Crippen LogP contribution < -0.4 is 15.6 Å². The van der Waals surface area contributed by atoms with Crippen LogP contribution in [0.4, 0.5) is 0 Å². The van der Waals surface area contributed by atoms with E-state index in [0.717, 1.165) is 0 Å². The summed E-state index contributed by atoms with van der Waals surface area (Å²) in [5, 5.41) is 8.67. The number of rotatable bonds is 4. The van der Waals surface area contributed by atoms with Gasteiger partial charge in [0.15, 0.2) is 6.61 Å². The number of aromatic carboxylic acids is 1. The molecule has 96 valence electrons. The topological polar surface area (TPSA) is 105 Å². The number of nitrogens with one attached hydrogen (secondary N) is 2. The van der Waals surface area contributed by atoms with E-state index in [2.05, 4.69) is 10.9 Å². The molecular formula is C11H12N2O5. The molecule has 0 aliphatic carbocycles. The molecule has 0 spiro atoms. The standard InChI is InChI=1S/C11H12N2O5/c1-7(14)12-13-10(15)6-18-9-4-2-8(3-5-9)11(16)17/h2-5H,6H2,1H3,(H,12,14)(H,13,15)(H,16,17). The molecule has 0 unspecified atom stereocenters. The maximum absolute atomic E-state index is 11.2. The van der Waals surface area contributed by atoms with E-state index < -0.39 is 17.8 Å². The van der Waals surface area contributed by atoms with Crippen LogP contribution in [0.15, 0.2) is 24.3 Å². The van der Waals surface area contributed by atoms with Gasteiger partial charge in [0.2, 0.25) is 5.91 Å². The number of ether oxygens (including phenoxy) is 1. The summed E-state index contributed by atoms with van der Waals surface area (Å²) >= 11 is 0. The van der Waals surface area contributed by atoms with Crippen molar-refractivity contribution >= 4 is 17.8 Å². The lowest BCUT2D eigenvalue weighted by Crippen LogP contribution is -2.42. The third-order valence-corrected chi connectivity index (χ3v) is 1.85. The van der Waals surface area contributed by atoms with Crippen LogP contribution in [0.2, 0.25) is 0 Å². The van der Waals surface area contributed by atoms with E-state index in [4.69, 9.17) is 9.84 Å². The first-order valence-electron chi connectivity index (χ1n) is 5.00. The molecule has 2 amide bonds. The summed E-state index contributed by atoms with van der Waals surface area (Å²) in [6.45, 7) is 0.971. The minimum Gasteiger partial charge on any atom is -0.484 e. The summed E-state index contributed by atoms with van der Waals surface area (Å²) in [7, 11) is 0. The number of carboxylic acid groups (broad SMARTS) is 1. The summed E-state index contributed by atoms with van der Waals surface area (Å²) in [6.07, 6.45) is 0. The van der Waals surface area contributed by atoms with E-state index in [1.807, 2.05) is 0 Å². The minimum atomic E-state index is -1.04. The van der Waals surface area contributed by atoms with Gasteiger partial charge in [-0.2, -0.15) is 0 Å².